The van der Waals surface area contributed by atoms with E-state index in [-0.39, 0.29) is 5.91 Å². The molecule has 0 heterocycles. The summed E-state index contributed by atoms with van der Waals surface area (Å²) in [7, 11) is 1.87. The second-order valence-corrected chi connectivity index (χ2v) is 3.90. The summed E-state index contributed by atoms with van der Waals surface area (Å²) >= 11 is 5.49. The molecule has 0 bridgehead atoms. The van der Waals surface area contributed by atoms with E-state index >= 15 is 0 Å². The highest BCUT2D eigenvalue weighted by molar-refractivity contribution is 6.18. The molecule has 1 fully saturated rings. The Labute approximate surface area is 78.9 Å². The van der Waals surface area contributed by atoms with Crippen LogP contribution in [-0.4, -0.2) is 29.8 Å². The second-order valence-electron chi connectivity index (χ2n) is 3.52. The number of rotatable bonds is 4. The molecular weight excluding hydrogens is 174 g/mol. The normalized spacial score (nSPS) is 18.9. The molecule has 1 aliphatic rings. The van der Waals surface area contributed by atoms with Crippen molar-refractivity contribution in [2.45, 2.75) is 32.2 Å². The molecule has 70 valence electrons. The number of carbonyl (C=O) groups excluding carboxylic acids is 1. The lowest BCUT2D eigenvalue weighted by Gasteiger charge is -2.24. The van der Waals surface area contributed by atoms with Crippen LogP contribution >= 0.6 is 11.6 Å². The smallest absolute Gasteiger partial charge is 0.223 e. The van der Waals surface area contributed by atoms with Crippen LogP contribution in [0.25, 0.3) is 0 Å². The monoisotopic (exact) mass is 189 g/mol. The van der Waals surface area contributed by atoms with Gasteiger partial charge < -0.3 is 4.90 Å². The molecule has 1 amide bonds. The Bertz CT molecular complexity index is 168. The summed E-state index contributed by atoms with van der Waals surface area (Å²) < 4.78 is 0. The summed E-state index contributed by atoms with van der Waals surface area (Å²) in [6, 6.07) is 0.403. The Morgan fingerprint density at radius 2 is 2.25 bits per heavy atom. The number of hydrogen-bond donors (Lipinski definition) is 0. The van der Waals surface area contributed by atoms with Gasteiger partial charge in [0.15, 0.2) is 0 Å². The summed E-state index contributed by atoms with van der Waals surface area (Å²) in [6.07, 6.45) is 3.02. The zero-order chi connectivity index (χ0) is 9.14. The van der Waals surface area contributed by atoms with Gasteiger partial charge in [-0.3, -0.25) is 4.79 Å². The minimum absolute atomic E-state index is 0.171. The molecule has 2 nitrogen and oxygen atoms in total. The van der Waals surface area contributed by atoms with Crippen LogP contribution in [0, 0.1) is 5.92 Å². The van der Waals surface area contributed by atoms with Gasteiger partial charge in [-0.1, -0.05) is 0 Å². The maximum absolute atomic E-state index is 11.4. The molecule has 0 radical (unpaired) electrons. The van der Waals surface area contributed by atoms with Crippen molar-refractivity contribution < 1.29 is 4.79 Å². The van der Waals surface area contributed by atoms with Crippen molar-refractivity contribution >= 4 is 17.5 Å². The molecule has 1 aliphatic carbocycles. The fourth-order valence-corrected chi connectivity index (χ4v) is 1.54. The van der Waals surface area contributed by atoms with E-state index in [0.717, 1.165) is 5.92 Å². The predicted octanol–water partition coefficient (Wildman–Crippen LogP) is 1.87. The minimum Gasteiger partial charge on any atom is -0.343 e. The Hall–Kier alpha value is -0.240. The van der Waals surface area contributed by atoms with Gasteiger partial charge >= 0.3 is 0 Å². The summed E-state index contributed by atoms with van der Waals surface area (Å²) in [5.41, 5.74) is 0. The van der Waals surface area contributed by atoms with Gasteiger partial charge in [0.1, 0.15) is 0 Å². The zero-order valence-corrected chi connectivity index (χ0v) is 8.47. The van der Waals surface area contributed by atoms with Gasteiger partial charge in [0.2, 0.25) is 5.91 Å². The van der Waals surface area contributed by atoms with Crippen LogP contribution < -0.4 is 0 Å². The summed E-state index contributed by atoms with van der Waals surface area (Å²) in [5, 5.41) is 0. The van der Waals surface area contributed by atoms with E-state index in [0.29, 0.717) is 18.3 Å². The molecule has 0 N–H and O–H groups in total. The lowest BCUT2D eigenvalue weighted by Crippen LogP contribution is -2.36. The average Bonchev–Trinajstić information content (AvgIpc) is 2.84. The van der Waals surface area contributed by atoms with Gasteiger partial charge in [0.05, 0.1) is 0 Å². The van der Waals surface area contributed by atoms with Crippen molar-refractivity contribution in [3.05, 3.63) is 0 Å². The molecule has 0 aliphatic heterocycles. The molecule has 0 spiro atoms. The average molecular weight is 190 g/mol. The van der Waals surface area contributed by atoms with Gasteiger partial charge in [-0.05, 0) is 25.7 Å². The van der Waals surface area contributed by atoms with E-state index in [9.17, 15) is 4.79 Å². The Kier molecular flexibility index (Phi) is 3.39. The third-order valence-electron chi connectivity index (χ3n) is 2.62. The van der Waals surface area contributed by atoms with Crippen LogP contribution in [0.15, 0.2) is 0 Å². The molecule has 0 aromatic heterocycles. The van der Waals surface area contributed by atoms with Gasteiger partial charge in [0.25, 0.3) is 0 Å². The van der Waals surface area contributed by atoms with Gasteiger partial charge in [0, 0.05) is 25.4 Å². The van der Waals surface area contributed by atoms with Crippen LogP contribution in [0.3, 0.4) is 0 Å². The minimum atomic E-state index is 0.171. The molecule has 12 heavy (non-hydrogen) atoms. The van der Waals surface area contributed by atoms with Crippen molar-refractivity contribution in [1.82, 2.24) is 4.90 Å². The highest BCUT2D eigenvalue weighted by Crippen LogP contribution is 2.34. The van der Waals surface area contributed by atoms with Crippen molar-refractivity contribution in [2.24, 2.45) is 5.92 Å². The summed E-state index contributed by atoms with van der Waals surface area (Å²) in [6.45, 7) is 2.11. The van der Waals surface area contributed by atoms with Crippen molar-refractivity contribution in [2.75, 3.05) is 12.9 Å². The van der Waals surface area contributed by atoms with Crippen LogP contribution in [-0.2, 0) is 4.79 Å². The molecule has 0 aromatic rings. The third kappa shape index (κ3) is 2.37. The molecule has 1 rings (SSSR count). The van der Waals surface area contributed by atoms with E-state index in [1.165, 1.54) is 12.8 Å². The van der Waals surface area contributed by atoms with Crippen LogP contribution in [0.2, 0.25) is 0 Å². The van der Waals surface area contributed by atoms with E-state index in [1.807, 2.05) is 11.9 Å². The first kappa shape index (κ1) is 9.85. The molecule has 1 unspecified atom stereocenters. The summed E-state index contributed by atoms with van der Waals surface area (Å²) in [5.74, 6) is 1.35. The molecule has 1 atom stereocenters. The van der Waals surface area contributed by atoms with Crippen molar-refractivity contribution in [3.63, 3.8) is 0 Å². The van der Waals surface area contributed by atoms with Crippen molar-refractivity contribution in [1.29, 1.82) is 0 Å². The molecule has 1 saturated carbocycles. The van der Waals surface area contributed by atoms with Crippen molar-refractivity contribution in [3.8, 4) is 0 Å². The van der Waals surface area contributed by atoms with Crippen LogP contribution in [0.1, 0.15) is 26.2 Å². The molecule has 0 aromatic carbocycles. The number of amides is 1. The maximum Gasteiger partial charge on any atom is 0.223 e. The quantitative estimate of drug-likeness (QED) is 0.619. The van der Waals surface area contributed by atoms with Crippen LogP contribution in [0.4, 0.5) is 0 Å². The number of nitrogens with zero attached hydrogens (tertiary/aromatic N) is 1. The van der Waals surface area contributed by atoms with Gasteiger partial charge in [-0.2, -0.15) is 0 Å². The second kappa shape index (κ2) is 4.13. The lowest BCUT2D eigenvalue weighted by atomic mass is 10.2. The van der Waals surface area contributed by atoms with E-state index in [4.69, 9.17) is 11.6 Å². The fraction of sp³-hybridized carbons (Fsp3) is 0.889. The fourth-order valence-electron chi connectivity index (χ4n) is 1.38. The maximum atomic E-state index is 11.4. The van der Waals surface area contributed by atoms with Crippen LogP contribution in [0.5, 0.6) is 0 Å². The Balaban J connectivity index is 2.33. The summed E-state index contributed by atoms with van der Waals surface area (Å²) in [4.78, 5) is 13.2. The number of carbonyl (C=O) groups is 1. The third-order valence-corrected chi connectivity index (χ3v) is 2.81. The van der Waals surface area contributed by atoms with Gasteiger partial charge in [-0.25, -0.2) is 0 Å². The first-order valence-electron chi connectivity index (χ1n) is 4.48. The molecule has 3 heteroatoms. The van der Waals surface area contributed by atoms with E-state index < -0.39 is 0 Å². The largest absolute Gasteiger partial charge is 0.343 e. The Morgan fingerprint density at radius 1 is 1.67 bits per heavy atom. The standard InChI is InChI=1S/C9H16ClNO/c1-7(8-3-4-8)11(2)9(12)5-6-10/h7-8H,3-6H2,1-2H3. The first-order chi connectivity index (χ1) is 5.66. The number of hydrogen-bond acceptors (Lipinski definition) is 1. The lowest BCUT2D eigenvalue weighted by molar-refractivity contribution is -0.131. The van der Waals surface area contributed by atoms with E-state index in [1.54, 1.807) is 0 Å². The number of alkyl halides is 1. The molecular formula is C9H16ClNO. The molecule has 0 saturated heterocycles. The highest BCUT2D eigenvalue weighted by atomic mass is 35.5. The highest BCUT2D eigenvalue weighted by Gasteiger charge is 2.31. The van der Waals surface area contributed by atoms with E-state index in [2.05, 4.69) is 6.92 Å². The zero-order valence-electron chi connectivity index (χ0n) is 7.72. The van der Waals surface area contributed by atoms with Gasteiger partial charge in [-0.15, -0.1) is 11.6 Å². The predicted molar refractivity (Wildman–Crippen MR) is 50.3 cm³/mol. The Morgan fingerprint density at radius 3 is 2.67 bits per heavy atom. The number of halogens is 1. The topological polar surface area (TPSA) is 20.3 Å². The first-order valence-corrected chi connectivity index (χ1v) is 5.02. The SMILES string of the molecule is CC(C1CC1)N(C)C(=O)CCCl.